The third kappa shape index (κ3) is 6.11. The summed E-state index contributed by atoms with van der Waals surface area (Å²) in [6, 6.07) is 8.53. The van der Waals surface area contributed by atoms with Crippen LogP contribution in [0.2, 0.25) is 0 Å². The van der Waals surface area contributed by atoms with Crippen LogP contribution in [-0.4, -0.2) is 63.1 Å². The summed E-state index contributed by atoms with van der Waals surface area (Å²) in [6.07, 6.45) is -2.34. The highest BCUT2D eigenvalue weighted by atomic mass is 32.2. The highest BCUT2D eigenvalue weighted by Crippen LogP contribution is 2.24. The molecule has 3 rings (SSSR count). The van der Waals surface area contributed by atoms with Crippen molar-refractivity contribution in [3.05, 3.63) is 52.9 Å². The van der Waals surface area contributed by atoms with E-state index in [0.29, 0.717) is 5.69 Å². The number of ether oxygens (including phenoxy) is 1. The van der Waals surface area contributed by atoms with Gasteiger partial charge < -0.3 is 4.74 Å². The van der Waals surface area contributed by atoms with Crippen molar-refractivity contribution in [1.29, 1.82) is 0 Å². The first-order valence-corrected chi connectivity index (χ1v) is 13.0. The van der Waals surface area contributed by atoms with Crippen LogP contribution in [0, 0.1) is 0 Å². The molecule has 0 saturated carbocycles. The average Bonchev–Trinajstić information content (AvgIpc) is 2.66. The second-order valence-electron chi connectivity index (χ2n) is 7.42. The lowest BCUT2D eigenvalue weighted by atomic mass is 10.1. The summed E-state index contributed by atoms with van der Waals surface area (Å²) >= 11 is 0. The number of hydrogen-bond acceptors (Lipinski definition) is 6. The Kier molecular flexibility index (Phi) is 6.72. The monoisotopic (exact) mass is 494 g/mol. The van der Waals surface area contributed by atoms with E-state index < -0.39 is 43.5 Å². The second kappa shape index (κ2) is 8.87. The highest BCUT2D eigenvalue weighted by Gasteiger charge is 2.39. The van der Waals surface area contributed by atoms with Crippen LogP contribution >= 0.6 is 0 Å². The van der Waals surface area contributed by atoms with Crippen LogP contribution in [0.3, 0.4) is 0 Å². The van der Waals surface area contributed by atoms with Gasteiger partial charge in [-0.1, -0.05) is 0 Å². The number of pyridine rings is 1. The van der Waals surface area contributed by atoms with Gasteiger partial charge in [-0.2, -0.15) is 13.2 Å². The van der Waals surface area contributed by atoms with Gasteiger partial charge in [-0.15, -0.1) is 0 Å². The zero-order valence-electron chi connectivity index (χ0n) is 16.9. The first-order chi connectivity index (χ1) is 14.7. The lowest BCUT2D eigenvalue weighted by molar-refractivity contribution is -0.107. The SMILES string of the molecule is CS(=O)(=O)c1ccc(-n2ccc(OC3CCN(S(=O)(=O)CC(F)(F)F)CC3)cc2=O)cc1. The van der Waals surface area contributed by atoms with Crippen LogP contribution < -0.4 is 10.3 Å². The fraction of sp³-hybridized carbons (Fsp3) is 0.421. The molecule has 0 unspecified atom stereocenters. The number of nitrogens with zero attached hydrogens (tertiary/aromatic N) is 2. The Bertz CT molecular complexity index is 1230. The van der Waals surface area contributed by atoms with Crippen molar-refractivity contribution in [1.82, 2.24) is 8.87 Å². The van der Waals surface area contributed by atoms with Gasteiger partial charge in [-0.05, 0) is 43.2 Å². The quantitative estimate of drug-likeness (QED) is 0.609. The largest absolute Gasteiger partial charge is 0.490 e. The summed E-state index contributed by atoms with van der Waals surface area (Å²) in [4.78, 5) is 12.6. The Hall–Kier alpha value is -2.38. The van der Waals surface area contributed by atoms with E-state index in [-0.39, 0.29) is 36.6 Å². The van der Waals surface area contributed by atoms with Crippen LogP contribution in [0.25, 0.3) is 5.69 Å². The first-order valence-electron chi connectivity index (χ1n) is 9.49. The van der Waals surface area contributed by atoms with Gasteiger partial charge in [0, 0.05) is 37.3 Å². The van der Waals surface area contributed by atoms with E-state index >= 15 is 0 Å². The minimum atomic E-state index is -4.80. The minimum absolute atomic E-state index is 0.104. The highest BCUT2D eigenvalue weighted by molar-refractivity contribution is 7.90. The van der Waals surface area contributed by atoms with E-state index in [4.69, 9.17) is 4.74 Å². The molecular weight excluding hydrogens is 473 g/mol. The number of benzene rings is 1. The van der Waals surface area contributed by atoms with Gasteiger partial charge >= 0.3 is 6.18 Å². The fourth-order valence-electron chi connectivity index (χ4n) is 3.32. The Balaban J connectivity index is 1.64. The number of rotatable bonds is 6. The molecule has 0 atom stereocenters. The molecule has 1 saturated heterocycles. The van der Waals surface area contributed by atoms with Crippen molar-refractivity contribution in [2.24, 2.45) is 0 Å². The van der Waals surface area contributed by atoms with Crippen LogP contribution in [0.1, 0.15) is 12.8 Å². The molecule has 0 amide bonds. The summed E-state index contributed by atoms with van der Waals surface area (Å²) in [5, 5.41) is 0. The molecule has 8 nitrogen and oxygen atoms in total. The molecular formula is C19H21F3N2O6S2. The Morgan fingerprint density at radius 1 is 1.03 bits per heavy atom. The smallest absolute Gasteiger partial charge is 0.404 e. The van der Waals surface area contributed by atoms with E-state index in [9.17, 15) is 34.8 Å². The van der Waals surface area contributed by atoms with Crippen molar-refractivity contribution in [2.75, 3.05) is 25.1 Å². The second-order valence-corrected chi connectivity index (χ2v) is 11.4. The van der Waals surface area contributed by atoms with E-state index in [1.807, 2.05) is 0 Å². The molecule has 1 aliphatic rings. The van der Waals surface area contributed by atoms with Crippen LogP contribution in [0.4, 0.5) is 13.2 Å². The van der Waals surface area contributed by atoms with Crippen molar-refractivity contribution in [3.8, 4) is 11.4 Å². The van der Waals surface area contributed by atoms with Crippen molar-refractivity contribution >= 4 is 19.9 Å². The summed E-state index contributed by atoms with van der Waals surface area (Å²) in [5.74, 6) is -1.65. The third-order valence-corrected chi connectivity index (χ3v) is 7.85. The molecule has 0 aliphatic carbocycles. The van der Waals surface area contributed by atoms with E-state index in [2.05, 4.69) is 0 Å². The van der Waals surface area contributed by atoms with Crippen molar-refractivity contribution in [3.63, 3.8) is 0 Å². The molecule has 0 bridgehead atoms. The van der Waals surface area contributed by atoms with Gasteiger partial charge in [-0.25, -0.2) is 21.1 Å². The van der Waals surface area contributed by atoms with Crippen molar-refractivity contribution < 1.29 is 34.7 Å². The molecule has 1 fully saturated rings. The standard InChI is InChI=1S/C19H21F3N2O6S2/c1-31(26,27)17-4-2-14(3-5-17)24-11-8-16(12-18(24)25)30-15-6-9-23(10-7-15)32(28,29)13-19(20,21)22/h2-5,8,11-12,15H,6-7,9-10,13H2,1H3. The summed E-state index contributed by atoms with van der Waals surface area (Å²) in [5.41, 5.74) is 0.0249. The average molecular weight is 495 g/mol. The van der Waals surface area contributed by atoms with E-state index in [1.54, 1.807) is 0 Å². The van der Waals surface area contributed by atoms with Gasteiger partial charge in [0.05, 0.1) is 4.90 Å². The maximum atomic E-state index is 12.5. The summed E-state index contributed by atoms with van der Waals surface area (Å²) < 4.78 is 91.9. The third-order valence-electron chi connectivity index (χ3n) is 4.88. The Labute approximate surface area is 183 Å². The number of alkyl halides is 3. The van der Waals surface area contributed by atoms with Gasteiger partial charge in [0.15, 0.2) is 15.6 Å². The summed E-state index contributed by atoms with van der Waals surface area (Å²) in [7, 11) is -7.79. The molecule has 2 heterocycles. The van der Waals surface area contributed by atoms with Gasteiger partial charge in [0.1, 0.15) is 11.9 Å². The molecule has 32 heavy (non-hydrogen) atoms. The lowest BCUT2D eigenvalue weighted by Gasteiger charge is -2.31. The van der Waals surface area contributed by atoms with E-state index in [0.717, 1.165) is 10.6 Å². The zero-order chi connectivity index (χ0) is 23.7. The number of piperidine rings is 1. The molecule has 1 aliphatic heterocycles. The molecule has 1 aromatic heterocycles. The molecule has 0 N–H and O–H groups in total. The fourth-order valence-corrected chi connectivity index (χ4v) is 5.31. The maximum absolute atomic E-state index is 12.5. The maximum Gasteiger partial charge on any atom is 0.404 e. The van der Waals surface area contributed by atoms with Crippen molar-refractivity contribution in [2.45, 2.75) is 30.0 Å². The zero-order valence-corrected chi connectivity index (χ0v) is 18.6. The topological polar surface area (TPSA) is 103 Å². The summed E-state index contributed by atoms with van der Waals surface area (Å²) in [6.45, 7) is -0.209. The van der Waals surface area contributed by atoms with Crippen LogP contribution in [0.15, 0.2) is 52.3 Å². The molecule has 2 aromatic rings. The predicted octanol–water partition coefficient (Wildman–Crippen LogP) is 1.98. The number of sulfone groups is 1. The van der Waals surface area contributed by atoms with Gasteiger partial charge in [0.25, 0.3) is 5.56 Å². The molecule has 0 spiro atoms. The van der Waals surface area contributed by atoms with Crippen LogP contribution in [0.5, 0.6) is 5.75 Å². The normalized spacial score (nSPS) is 16.8. The first kappa shape index (κ1) is 24.3. The van der Waals surface area contributed by atoms with Gasteiger partial charge in [-0.3, -0.25) is 9.36 Å². The number of hydrogen-bond donors (Lipinski definition) is 0. The predicted molar refractivity (Wildman–Crippen MR) is 110 cm³/mol. The number of aromatic nitrogens is 1. The molecule has 176 valence electrons. The minimum Gasteiger partial charge on any atom is -0.490 e. The molecule has 13 heteroatoms. The van der Waals surface area contributed by atoms with Gasteiger partial charge in [0.2, 0.25) is 10.0 Å². The lowest BCUT2D eigenvalue weighted by Crippen LogP contribution is -2.44. The Morgan fingerprint density at radius 3 is 2.12 bits per heavy atom. The molecule has 1 aromatic carbocycles. The number of halogens is 3. The van der Waals surface area contributed by atoms with Crippen LogP contribution in [-0.2, 0) is 19.9 Å². The number of sulfonamides is 1. The van der Waals surface area contributed by atoms with E-state index in [1.165, 1.54) is 47.2 Å². The Morgan fingerprint density at radius 2 is 1.62 bits per heavy atom. The molecule has 0 radical (unpaired) electrons.